The maximum Gasteiger partial charge on any atom is 0.0383 e. The van der Waals surface area contributed by atoms with Crippen LogP contribution in [0.1, 0.15) is 36.9 Å². The predicted octanol–water partition coefficient (Wildman–Crippen LogP) is 3.44. The number of hydrogen-bond acceptors (Lipinski definition) is 4. The van der Waals surface area contributed by atoms with E-state index < -0.39 is 0 Å². The summed E-state index contributed by atoms with van der Waals surface area (Å²) in [5.41, 5.74) is 3.92. The summed E-state index contributed by atoms with van der Waals surface area (Å²) in [6, 6.07) is 13.9. The van der Waals surface area contributed by atoms with Crippen molar-refractivity contribution in [3.05, 3.63) is 59.9 Å². The molecule has 1 fully saturated rings. The van der Waals surface area contributed by atoms with E-state index in [2.05, 4.69) is 63.8 Å². The second-order valence-electron chi connectivity index (χ2n) is 6.55. The molecule has 1 aromatic heterocycles. The number of aromatic nitrogens is 1. The number of pyridine rings is 1. The maximum absolute atomic E-state index is 4.12. The van der Waals surface area contributed by atoms with Gasteiger partial charge in [-0.25, -0.2) is 0 Å². The molecule has 0 amide bonds. The van der Waals surface area contributed by atoms with Crippen molar-refractivity contribution >= 4 is 5.69 Å². The molecule has 2 heterocycles. The molecule has 0 aliphatic carbocycles. The second kappa shape index (κ2) is 8.27. The second-order valence-corrected chi connectivity index (χ2v) is 6.55. The van der Waals surface area contributed by atoms with Crippen LogP contribution >= 0.6 is 0 Å². The Balaban J connectivity index is 1.49. The first-order valence-electron chi connectivity index (χ1n) is 8.91. The predicted molar refractivity (Wildman–Crippen MR) is 100 cm³/mol. The Morgan fingerprint density at radius 1 is 1.12 bits per heavy atom. The quantitative estimate of drug-likeness (QED) is 0.854. The molecule has 1 aromatic carbocycles. The minimum Gasteiger partial charge on any atom is -0.388 e. The molecule has 1 aliphatic heterocycles. The summed E-state index contributed by atoms with van der Waals surface area (Å²) in [5, 5.41) is 7.01. The summed E-state index contributed by atoms with van der Waals surface area (Å²) in [4.78, 5) is 6.70. The lowest BCUT2D eigenvalue weighted by atomic mass is 10.0. The van der Waals surface area contributed by atoms with Gasteiger partial charge in [0.25, 0.3) is 0 Å². The third-order valence-electron chi connectivity index (χ3n) is 5.13. The van der Waals surface area contributed by atoms with Crippen molar-refractivity contribution in [1.82, 2.24) is 15.2 Å². The number of rotatable bonds is 6. The van der Waals surface area contributed by atoms with Crippen molar-refractivity contribution in [2.24, 2.45) is 0 Å². The SMILES string of the molecule is CNc1ccccc1CNC1CCN(C(C)c2ccncc2)CC1. The molecule has 4 nitrogen and oxygen atoms in total. The lowest BCUT2D eigenvalue weighted by Gasteiger charge is -2.36. The number of likely N-dealkylation sites (tertiary alicyclic amines) is 1. The highest BCUT2D eigenvalue weighted by atomic mass is 15.2. The molecule has 1 unspecified atom stereocenters. The molecule has 2 N–H and O–H groups in total. The molecule has 128 valence electrons. The van der Waals surface area contributed by atoms with Gasteiger partial charge < -0.3 is 10.6 Å². The Hall–Kier alpha value is -1.91. The Bertz CT molecular complexity index is 621. The fourth-order valence-electron chi connectivity index (χ4n) is 3.52. The van der Waals surface area contributed by atoms with Crippen molar-refractivity contribution in [2.45, 2.75) is 38.4 Å². The van der Waals surface area contributed by atoms with Crippen LogP contribution < -0.4 is 10.6 Å². The average molecular weight is 324 g/mol. The van der Waals surface area contributed by atoms with Crippen LogP contribution in [-0.2, 0) is 6.54 Å². The summed E-state index contributed by atoms with van der Waals surface area (Å²) in [5.74, 6) is 0. The van der Waals surface area contributed by atoms with Gasteiger partial charge in [-0.15, -0.1) is 0 Å². The van der Waals surface area contributed by atoms with Crippen molar-refractivity contribution in [1.29, 1.82) is 0 Å². The molecule has 1 atom stereocenters. The van der Waals surface area contributed by atoms with E-state index in [4.69, 9.17) is 0 Å². The number of nitrogens with one attached hydrogen (secondary N) is 2. The molecule has 0 radical (unpaired) electrons. The van der Waals surface area contributed by atoms with E-state index in [1.54, 1.807) is 0 Å². The van der Waals surface area contributed by atoms with Crippen LogP contribution in [0.3, 0.4) is 0 Å². The topological polar surface area (TPSA) is 40.2 Å². The monoisotopic (exact) mass is 324 g/mol. The highest BCUT2D eigenvalue weighted by Gasteiger charge is 2.23. The third-order valence-corrected chi connectivity index (χ3v) is 5.13. The standard InChI is InChI=1S/C20H28N4/c1-16(17-7-11-22-12-8-17)24-13-9-19(10-14-24)23-15-18-5-3-4-6-20(18)21-2/h3-8,11-12,16,19,21,23H,9-10,13-15H2,1-2H3. The number of nitrogens with zero attached hydrogens (tertiary/aromatic N) is 2. The van der Waals surface area contributed by atoms with Crippen LogP contribution in [-0.4, -0.2) is 36.1 Å². The normalized spacial score (nSPS) is 17.6. The summed E-state index contributed by atoms with van der Waals surface area (Å²) < 4.78 is 0. The van der Waals surface area contributed by atoms with Crippen LogP contribution in [0.5, 0.6) is 0 Å². The van der Waals surface area contributed by atoms with Gasteiger partial charge in [0.05, 0.1) is 0 Å². The van der Waals surface area contributed by atoms with Gasteiger partial charge in [-0.3, -0.25) is 9.88 Å². The Labute approximate surface area is 145 Å². The van der Waals surface area contributed by atoms with Crippen molar-refractivity contribution < 1.29 is 0 Å². The molecule has 0 spiro atoms. The number of benzene rings is 1. The lowest BCUT2D eigenvalue weighted by Crippen LogP contribution is -2.43. The molecule has 2 aromatic rings. The van der Waals surface area contributed by atoms with Gasteiger partial charge in [-0.1, -0.05) is 18.2 Å². The van der Waals surface area contributed by atoms with Crippen LogP contribution in [0.25, 0.3) is 0 Å². The first-order valence-corrected chi connectivity index (χ1v) is 8.91. The van der Waals surface area contributed by atoms with E-state index >= 15 is 0 Å². The van der Waals surface area contributed by atoms with E-state index in [0.29, 0.717) is 12.1 Å². The van der Waals surface area contributed by atoms with E-state index in [1.807, 2.05) is 19.4 Å². The molecule has 24 heavy (non-hydrogen) atoms. The van der Waals surface area contributed by atoms with E-state index in [-0.39, 0.29) is 0 Å². The number of anilines is 1. The zero-order chi connectivity index (χ0) is 16.8. The van der Waals surface area contributed by atoms with Gasteiger partial charge in [-0.05, 0) is 49.1 Å². The molecule has 3 rings (SSSR count). The van der Waals surface area contributed by atoms with Gasteiger partial charge in [0.15, 0.2) is 0 Å². The summed E-state index contributed by atoms with van der Waals surface area (Å²) in [7, 11) is 1.98. The Morgan fingerprint density at radius 3 is 2.54 bits per heavy atom. The van der Waals surface area contributed by atoms with E-state index in [9.17, 15) is 0 Å². The Morgan fingerprint density at radius 2 is 1.83 bits per heavy atom. The van der Waals surface area contributed by atoms with E-state index in [0.717, 1.165) is 19.6 Å². The highest BCUT2D eigenvalue weighted by molar-refractivity contribution is 5.50. The van der Waals surface area contributed by atoms with Crippen molar-refractivity contribution in [3.63, 3.8) is 0 Å². The molecular weight excluding hydrogens is 296 g/mol. The number of hydrogen-bond donors (Lipinski definition) is 2. The average Bonchev–Trinajstić information content (AvgIpc) is 2.67. The number of para-hydroxylation sites is 1. The fraction of sp³-hybridized carbons (Fsp3) is 0.450. The van der Waals surface area contributed by atoms with Gasteiger partial charge in [0.2, 0.25) is 0 Å². The summed E-state index contributed by atoms with van der Waals surface area (Å²) in [6.45, 7) is 5.53. The van der Waals surface area contributed by atoms with Crippen molar-refractivity contribution in [2.75, 3.05) is 25.5 Å². The van der Waals surface area contributed by atoms with Gasteiger partial charge in [-0.2, -0.15) is 0 Å². The number of piperidine rings is 1. The van der Waals surface area contributed by atoms with E-state index in [1.165, 1.54) is 29.7 Å². The van der Waals surface area contributed by atoms with Crippen LogP contribution in [0, 0.1) is 0 Å². The first kappa shape index (κ1) is 16.9. The Kier molecular flexibility index (Phi) is 5.83. The zero-order valence-electron chi connectivity index (χ0n) is 14.7. The first-order chi connectivity index (χ1) is 11.8. The molecule has 4 heteroatoms. The highest BCUT2D eigenvalue weighted by Crippen LogP contribution is 2.24. The third kappa shape index (κ3) is 4.13. The molecule has 0 bridgehead atoms. The fourth-order valence-corrected chi connectivity index (χ4v) is 3.52. The van der Waals surface area contributed by atoms with Crippen molar-refractivity contribution in [3.8, 4) is 0 Å². The molecular formula is C20H28N4. The summed E-state index contributed by atoms with van der Waals surface area (Å²) >= 11 is 0. The molecule has 1 saturated heterocycles. The van der Waals surface area contributed by atoms with Crippen LogP contribution in [0.4, 0.5) is 5.69 Å². The smallest absolute Gasteiger partial charge is 0.0383 e. The molecule has 1 aliphatic rings. The minimum absolute atomic E-state index is 0.471. The minimum atomic E-state index is 0.471. The van der Waals surface area contributed by atoms with Gasteiger partial charge in [0.1, 0.15) is 0 Å². The maximum atomic E-state index is 4.12. The van der Waals surface area contributed by atoms with Gasteiger partial charge in [0, 0.05) is 56.8 Å². The van der Waals surface area contributed by atoms with Crippen LogP contribution in [0.15, 0.2) is 48.8 Å². The lowest BCUT2D eigenvalue weighted by molar-refractivity contribution is 0.152. The largest absolute Gasteiger partial charge is 0.388 e. The summed E-state index contributed by atoms with van der Waals surface area (Å²) in [6.07, 6.45) is 6.19. The van der Waals surface area contributed by atoms with Crippen LogP contribution in [0.2, 0.25) is 0 Å². The van der Waals surface area contributed by atoms with Gasteiger partial charge >= 0.3 is 0 Å². The molecule has 0 saturated carbocycles. The zero-order valence-corrected chi connectivity index (χ0v) is 14.7.